The molecular weight excluding hydrogens is 188 g/mol. The largest absolute Gasteiger partial charge is 0.315 e. The molecule has 4 heteroatoms. The van der Waals surface area contributed by atoms with Gasteiger partial charge in [-0.05, 0) is 39.0 Å². The number of rotatable bonds is 0. The smallest absolute Gasteiger partial charge is 0.00767 e. The highest BCUT2D eigenvalue weighted by atomic mass is 15.0. The van der Waals surface area contributed by atoms with Crippen molar-refractivity contribution in [2.45, 2.75) is 20.3 Å². The van der Waals surface area contributed by atoms with Crippen LogP contribution in [0.5, 0.6) is 0 Å². The minimum absolute atomic E-state index is 0. The van der Waals surface area contributed by atoms with Crippen LogP contribution in [-0.4, -0.2) is 52.4 Å². The number of hydrogen-bond donors (Lipinski definition) is 4. The molecule has 4 nitrogen and oxygen atoms in total. The maximum Gasteiger partial charge on any atom is 0.00767 e. The number of nitrogens with one attached hydrogen (secondary N) is 4. The monoisotopic (exact) mass is 216 g/mol. The molecule has 1 heterocycles. The SMILES string of the molecule is C.C1CNCCNCCCNCCNC1. The predicted octanol–water partition coefficient (Wildman–Crippen LogP) is -0.225. The first-order chi connectivity index (χ1) is 7.00. The first-order valence-corrected chi connectivity index (χ1v) is 5.83. The van der Waals surface area contributed by atoms with Crippen LogP contribution in [0.2, 0.25) is 0 Å². The van der Waals surface area contributed by atoms with Gasteiger partial charge in [0.2, 0.25) is 0 Å². The summed E-state index contributed by atoms with van der Waals surface area (Å²) in [4.78, 5) is 0. The van der Waals surface area contributed by atoms with Crippen LogP contribution in [0.3, 0.4) is 0 Å². The Kier molecular flexibility index (Phi) is 11.8. The van der Waals surface area contributed by atoms with Crippen LogP contribution >= 0.6 is 0 Å². The third kappa shape index (κ3) is 10.1. The quantitative estimate of drug-likeness (QED) is 0.452. The molecule has 0 atom stereocenters. The summed E-state index contributed by atoms with van der Waals surface area (Å²) in [7, 11) is 0. The topological polar surface area (TPSA) is 48.1 Å². The Morgan fingerprint density at radius 3 is 0.933 bits per heavy atom. The van der Waals surface area contributed by atoms with Gasteiger partial charge in [-0.25, -0.2) is 0 Å². The van der Waals surface area contributed by atoms with Gasteiger partial charge >= 0.3 is 0 Å². The molecule has 4 N–H and O–H groups in total. The summed E-state index contributed by atoms with van der Waals surface area (Å²) in [5.41, 5.74) is 0. The van der Waals surface area contributed by atoms with Gasteiger partial charge < -0.3 is 21.3 Å². The lowest BCUT2D eigenvalue weighted by Gasteiger charge is -2.10. The van der Waals surface area contributed by atoms with Crippen LogP contribution in [0.25, 0.3) is 0 Å². The Morgan fingerprint density at radius 1 is 0.400 bits per heavy atom. The van der Waals surface area contributed by atoms with Crippen molar-refractivity contribution >= 4 is 0 Å². The third-order valence-corrected chi connectivity index (χ3v) is 2.37. The summed E-state index contributed by atoms with van der Waals surface area (Å²) >= 11 is 0. The van der Waals surface area contributed by atoms with Gasteiger partial charge in [-0.15, -0.1) is 0 Å². The van der Waals surface area contributed by atoms with Gasteiger partial charge in [-0.3, -0.25) is 0 Å². The van der Waals surface area contributed by atoms with E-state index in [1.54, 1.807) is 0 Å². The molecular formula is C11H28N4. The van der Waals surface area contributed by atoms with Crippen molar-refractivity contribution in [1.29, 1.82) is 0 Å². The van der Waals surface area contributed by atoms with Crippen molar-refractivity contribution in [3.63, 3.8) is 0 Å². The Hall–Kier alpha value is -0.160. The predicted molar refractivity (Wildman–Crippen MR) is 67.4 cm³/mol. The Bertz CT molecular complexity index is 65.9. The highest BCUT2D eigenvalue weighted by Gasteiger charge is 1.93. The normalized spacial score (nSPS) is 22.4. The molecule has 0 aromatic carbocycles. The molecule has 15 heavy (non-hydrogen) atoms. The average molecular weight is 216 g/mol. The zero-order chi connectivity index (χ0) is 9.90. The molecule has 0 amide bonds. The second-order valence-electron chi connectivity index (χ2n) is 3.71. The maximum absolute atomic E-state index is 3.42. The van der Waals surface area contributed by atoms with E-state index in [9.17, 15) is 0 Å². The van der Waals surface area contributed by atoms with Crippen LogP contribution in [0, 0.1) is 0 Å². The van der Waals surface area contributed by atoms with Crippen molar-refractivity contribution in [2.24, 2.45) is 0 Å². The molecule has 0 aliphatic carbocycles. The Morgan fingerprint density at radius 2 is 0.667 bits per heavy atom. The van der Waals surface area contributed by atoms with E-state index < -0.39 is 0 Å². The van der Waals surface area contributed by atoms with Crippen LogP contribution in [0.15, 0.2) is 0 Å². The van der Waals surface area contributed by atoms with E-state index in [-0.39, 0.29) is 7.43 Å². The van der Waals surface area contributed by atoms with E-state index in [1.165, 1.54) is 12.8 Å². The van der Waals surface area contributed by atoms with Gasteiger partial charge in [-0.2, -0.15) is 0 Å². The molecule has 1 rings (SSSR count). The summed E-state index contributed by atoms with van der Waals surface area (Å²) < 4.78 is 0. The fourth-order valence-corrected chi connectivity index (χ4v) is 1.53. The zero-order valence-electron chi connectivity index (χ0n) is 9.07. The van der Waals surface area contributed by atoms with E-state index in [1.807, 2.05) is 0 Å². The van der Waals surface area contributed by atoms with Crippen molar-refractivity contribution in [3.8, 4) is 0 Å². The first-order valence-electron chi connectivity index (χ1n) is 5.83. The van der Waals surface area contributed by atoms with Crippen LogP contribution in [0.4, 0.5) is 0 Å². The van der Waals surface area contributed by atoms with Crippen molar-refractivity contribution in [2.75, 3.05) is 52.4 Å². The van der Waals surface area contributed by atoms with Gasteiger partial charge in [0.1, 0.15) is 0 Å². The van der Waals surface area contributed by atoms with E-state index >= 15 is 0 Å². The van der Waals surface area contributed by atoms with E-state index in [0.717, 1.165) is 52.4 Å². The molecule has 1 saturated heterocycles. The molecule has 0 aromatic rings. The maximum atomic E-state index is 3.42. The fraction of sp³-hybridized carbons (Fsp3) is 1.00. The van der Waals surface area contributed by atoms with E-state index in [4.69, 9.17) is 0 Å². The van der Waals surface area contributed by atoms with Crippen molar-refractivity contribution < 1.29 is 0 Å². The lowest BCUT2D eigenvalue weighted by molar-refractivity contribution is 0.530. The Labute approximate surface area is 94.6 Å². The summed E-state index contributed by atoms with van der Waals surface area (Å²) in [5, 5.41) is 13.7. The molecule has 92 valence electrons. The fourth-order valence-electron chi connectivity index (χ4n) is 1.53. The van der Waals surface area contributed by atoms with Crippen LogP contribution in [0.1, 0.15) is 20.3 Å². The lowest BCUT2D eigenvalue weighted by atomic mass is 10.3. The molecule has 0 unspecified atom stereocenters. The molecule has 1 aliphatic rings. The average Bonchev–Trinajstić information content (AvgIpc) is 2.22. The van der Waals surface area contributed by atoms with Crippen molar-refractivity contribution in [1.82, 2.24) is 21.3 Å². The molecule has 0 aromatic heterocycles. The molecule has 1 fully saturated rings. The van der Waals surface area contributed by atoms with Gasteiger partial charge in [-0.1, -0.05) is 7.43 Å². The first kappa shape index (κ1) is 14.8. The number of hydrogen-bond acceptors (Lipinski definition) is 4. The van der Waals surface area contributed by atoms with Crippen LogP contribution < -0.4 is 21.3 Å². The van der Waals surface area contributed by atoms with Crippen LogP contribution in [-0.2, 0) is 0 Å². The molecule has 0 radical (unpaired) electrons. The summed E-state index contributed by atoms with van der Waals surface area (Å²) in [6.07, 6.45) is 2.44. The third-order valence-electron chi connectivity index (χ3n) is 2.37. The standard InChI is InChI=1S/C10H24N4.CH4/c1-3-11-7-9-13-5-2-6-14-10-8-12-4-1;/h11-14H,1-10H2;1H4. The summed E-state index contributed by atoms with van der Waals surface area (Å²) in [5.74, 6) is 0. The second-order valence-corrected chi connectivity index (χ2v) is 3.71. The van der Waals surface area contributed by atoms with E-state index in [2.05, 4.69) is 21.3 Å². The lowest BCUT2D eigenvalue weighted by Crippen LogP contribution is -2.34. The van der Waals surface area contributed by atoms with E-state index in [0.29, 0.717) is 0 Å². The van der Waals surface area contributed by atoms with Crippen molar-refractivity contribution in [3.05, 3.63) is 0 Å². The minimum Gasteiger partial charge on any atom is -0.315 e. The Balaban J connectivity index is 0.00000196. The van der Waals surface area contributed by atoms with Gasteiger partial charge in [0.25, 0.3) is 0 Å². The summed E-state index contributed by atoms with van der Waals surface area (Å²) in [6, 6.07) is 0. The minimum atomic E-state index is 0. The highest BCUT2D eigenvalue weighted by Crippen LogP contribution is 1.76. The van der Waals surface area contributed by atoms with Gasteiger partial charge in [0.05, 0.1) is 0 Å². The molecule has 0 saturated carbocycles. The summed E-state index contributed by atoms with van der Waals surface area (Å²) in [6.45, 7) is 8.87. The highest BCUT2D eigenvalue weighted by molar-refractivity contribution is 4.58. The zero-order valence-corrected chi connectivity index (χ0v) is 9.07. The van der Waals surface area contributed by atoms with Gasteiger partial charge in [0.15, 0.2) is 0 Å². The molecule has 0 spiro atoms. The second kappa shape index (κ2) is 11.9. The van der Waals surface area contributed by atoms with Gasteiger partial charge in [0, 0.05) is 26.2 Å². The molecule has 0 bridgehead atoms. The molecule has 1 aliphatic heterocycles.